The third-order valence-electron chi connectivity index (χ3n) is 6.55. The van der Waals surface area contributed by atoms with Gasteiger partial charge in [-0.05, 0) is 72.6 Å². The summed E-state index contributed by atoms with van der Waals surface area (Å²) in [5.41, 5.74) is 4.21. The minimum absolute atomic E-state index is 0.0986. The molecule has 0 radical (unpaired) electrons. The first kappa shape index (κ1) is 27.2. The molecule has 8 heteroatoms. The van der Waals surface area contributed by atoms with Crippen molar-refractivity contribution < 1.29 is 23.5 Å². The molecule has 4 aromatic carbocycles. The average molecular weight is 548 g/mol. The van der Waals surface area contributed by atoms with Gasteiger partial charge in [0.2, 0.25) is 5.89 Å². The van der Waals surface area contributed by atoms with Crippen LogP contribution in [0.4, 0.5) is 11.4 Å². The number of hydrogen-bond donors (Lipinski definition) is 2. The third kappa shape index (κ3) is 6.12. The van der Waals surface area contributed by atoms with E-state index in [4.69, 9.17) is 13.9 Å². The van der Waals surface area contributed by atoms with Gasteiger partial charge in [-0.2, -0.15) is 0 Å². The Bertz CT molecular complexity index is 1660. The SMILES string of the molecule is CCc1ccc(C(=O)Nc2ccc(-c3oc(-c4ccccc4)nc3C(=O)Nc3cc(OC)ccc3OC)cc2)cc1. The van der Waals surface area contributed by atoms with Gasteiger partial charge in [0.25, 0.3) is 11.8 Å². The minimum atomic E-state index is -0.481. The zero-order chi connectivity index (χ0) is 28.8. The second kappa shape index (κ2) is 12.2. The summed E-state index contributed by atoms with van der Waals surface area (Å²) < 4.78 is 16.9. The molecule has 2 amide bonds. The number of nitrogens with zero attached hydrogens (tertiary/aromatic N) is 1. The summed E-state index contributed by atoms with van der Waals surface area (Å²) in [6.45, 7) is 2.07. The number of rotatable bonds is 9. The fourth-order valence-electron chi connectivity index (χ4n) is 4.27. The van der Waals surface area contributed by atoms with E-state index in [-0.39, 0.29) is 17.4 Å². The van der Waals surface area contributed by atoms with Gasteiger partial charge in [0.15, 0.2) is 11.5 Å². The highest BCUT2D eigenvalue weighted by Gasteiger charge is 2.24. The first-order valence-electron chi connectivity index (χ1n) is 13.1. The molecule has 0 saturated heterocycles. The Hall–Kier alpha value is -5.37. The largest absolute Gasteiger partial charge is 0.497 e. The molecule has 0 spiro atoms. The molecule has 0 atom stereocenters. The first-order valence-corrected chi connectivity index (χ1v) is 13.1. The molecule has 8 nitrogen and oxygen atoms in total. The van der Waals surface area contributed by atoms with Crippen LogP contribution in [0.2, 0.25) is 0 Å². The summed E-state index contributed by atoms with van der Waals surface area (Å²) in [5, 5.41) is 5.78. The zero-order valence-electron chi connectivity index (χ0n) is 22.9. The van der Waals surface area contributed by atoms with Gasteiger partial charge in [-0.25, -0.2) is 4.98 Å². The Morgan fingerprint density at radius 1 is 0.780 bits per heavy atom. The maximum Gasteiger partial charge on any atom is 0.278 e. The van der Waals surface area contributed by atoms with E-state index < -0.39 is 5.91 Å². The van der Waals surface area contributed by atoms with Crippen molar-refractivity contribution in [3.05, 3.63) is 114 Å². The highest BCUT2D eigenvalue weighted by atomic mass is 16.5. The number of methoxy groups -OCH3 is 2. The normalized spacial score (nSPS) is 10.6. The van der Waals surface area contributed by atoms with E-state index in [1.807, 2.05) is 54.6 Å². The molecule has 0 unspecified atom stereocenters. The zero-order valence-corrected chi connectivity index (χ0v) is 22.9. The van der Waals surface area contributed by atoms with Crippen molar-refractivity contribution in [2.45, 2.75) is 13.3 Å². The number of ether oxygens (including phenoxy) is 2. The van der Waals surface area contributed by atoms with Crippen LogP contribution in [0, 0.1) is 0 Å². The smallest absolute Gasteiger partial charge is 0.278 e. The van der Waals surface area contributed by atoms with Crippen molar-refractivity contribution in [3.63, 3.8) is 0 Å². The van der Waals surface area contributed by atoms with Crippen LogP contribution in [0.25, 0.3) is 22.8 Å². The van der Waals surface area contributed by atoms with Crippen LogP contribution in [0.15, 0.2) is 101 Å². The number of nitrogens with one attached hydrogen (secondary N) is 2. The van der Waals surface area contributed by atoms with Crippen molar-refractivity contribution >= 4 is 23.2 Å². The predicted octanol–water partition coefficient (Wildman–Crippen LogP) is 7.09. The monoisotopic (exact) mass is 547 g/mol. The number of benzene rings is 4. The third-order valence-corrected chi connectivity index (χ3v) is 6.55. The van der Waals surface area contributed by atoms with Gasteiger partial charge in [-0.1, -0.05) is 37.3 Å². The van der Waals surface area contributed by atoms with Crippen molar-refractivity contribution in [2.24, 2.45) is 0 Å². The van der Waals surface area contributed by atoms with Crippen molar-refractivity contribution in [1.82, 2.24) is 4.98 Å². The number of anilines is 2. The van der Waals surface area contributed by atoms with Gasteiger partial charge in [0.1, 0.15) is 11.5 Å². The molecule has 0 aliphatic heterocycles. The van der Waals surface area contributed by atoms with E-state index in [2.05, 4.69) is 22.5 Å². The molecule has 1 heterocycles. The van der Waals surface area contributed by atoms with E-state index in [0.29, 0.717) is 39.9 Å². The fraction of sp³-hybridized carbons (Fsp3) is 0.121. The topological polar surface area (TPSA) is 103 Å². The van der Waals surface area contributed by atoms with Crippen molar-refractivity contribution in [1.29, 1.82) is 0 Å². The molecule has 0 saturated carbocycles. The molecule has 0 aliphatic rings. The second-order valence-corrected chi connectivity index (χ2v) is 9.17. The summed E-state index contributed by atoms with van der Waals surface area (Å²) >= 11 is 0. The van der Waals surface area contributed by atoms with Crippen molar-refractivity contribution in [3.8, 4) is 34.3 Å². The molecule has 206 valence electrons. The molecule has 2 N–H and O–H groups in total. The number of carbonyl (C=O) groups is 2. The lowest BCUT2D eigenvalue weighted by Gasteiger charge is -2.11. The molecule has 0 bridgehead atoms. The Kier molecular flexibility index (Phi) is 8.10. The van der Waals surface area contributed by atoms with Crippen molar-refractivity contribution in [2.75, 3.05) is 24.9 Å². The first-order chi connectivity index (χ1) is 20.0. The van der Waals surface area contributed by atoms with E-state index in [9.17, 15) is 9.59 Å². The number of oxazole rings is 1. The molecule has 5 rings (SSSR count). The Morgan fingerprint density at radius 3 is 2.17 bits per heavy atom. The van der Waals surface area contributed by atoms with Crippen LogP contribution >= 0.6 is 0 Å². The molecular weight excluding hydrogens is 518 g/mol. The molecule has 41 heavy (non-hydrogen) atoms. The summed E-state index contributed by atoms with van der Waals surface area (Å²) in [5.74, 6) is 0.930. The van der Waals surface area contributed by atoms with Gasteiger partial charge < -0.3 is 24.5 Å². The van der Waals surface area contributed by atoms with Crippen LogP contribution in [0.1, 0.15) is 33.3 Å². The fourth-order valence-corrected chi connectivity index (χ4v) is 4.27. The Labute approximate surface area is 238 Å². The second-order valence-electron chi connectivity index (χ2n) is 9.17. The van der Waals surface area contributed by atoms with Gasteiger partial charge in [0.05, 0.1) is 19.9 Å². The quantitative estimate of drug-likeness (QED) is 0.204. The van der Waals surface area contributed by atoms with E-state index in [1.54, 1.807) is 49.6 Å². The standard InChI is InChI=1S/C33H29N3O5/c1-4-21-10-12-23(13-11-21)31(37)34-25-16-14-22(15-17-25)30-29(36-33(41-30)24-8-6-5-7-9-24)32(38)35-27-20-26(39-2)18-19-28(27)40-3/h5-20H,4H2,1-3H3,(H,34,37)(H,35,38). The molecule has 5 aromatic rings. The van der Waals surface area contributed by atoms with Gasteiger partial charge >= 0.3 is 0 Å². The van der Waals surface area contributed by atoms with Gasteiger partial charge in [-0.3, -0.25) is 9.59 Å². The number of hydrogen-bond acceptors (Lipinski definition) is 6. The molecule has 0 aliphatic carbocycles. The Morgan fingerprint density at radius 2 is 1.51 bits per heavy atom. The molecule has 0 fully saturated rings. The number of amides is 2. The maximum atomic E-state index is 13.5. The summed E-state index contributed by atoms with van der Waals surface area (Å²) in [6.07, 6.45) is 0.907. The predicted molar refractivity (Wildman–Crippen MR) is 159 cm³/mol. The van der Waals surface area contributed by atoms with Crippen LogP contribution in [0.3, 0.4) is 0 Å². The van der Waals surface area contributed by atoms with Crippen LogP contribution in [-0.4, -0.2) is 31.0 Å². The van der Waals surface area contributed by atoms with Gasteiger partial charge in [0, 0.05) is 28.4 Å². The van der Waals surface area contributed by atoms with E-state index in [1.165, 1.54) is 7.11 Å². The molecular formula is C33H29N3O5. The number of aryl methyl sites for hydroxylation is 1. The van der Waals surface area contributed by atoms with Crippen LogP contribution in [-0.2, 0) is 6.42 Å². The van der Waals surface area contributed by atoms with E-state index in [0.717, 1.165) is 17.5 Å². The number of aromatic nitrogens is 1. The Balaban J connectivity index is 1.44. The highest BCUT2D eigenvalue weighted by Crippen LogP contribution is 2.33. The lowest BCUT2D eigenvalue weighted by Crippen LogP contribution is -2.14. The highest BCUT2D eigenvalue weighted by molar-refractivity contribution is 6.08. The van der Waals surface area contributed by atoms with Crippen LogP contribution in [0.5, 0.6) is 11.5 Å². The van der Waals surface area contributed by atoms with Crippen LogP contribution < -0.4 is 20.1 Å². The van der Waals surface area contributed by atoms with E-state index >= 15 is 0 Å². The lowest BCUT2D eigenvalue weighted by molar-refractivity contribution is 0.101. The maximum absolute atomic E-state index is 13.5. The lowest BCUT2D eigenvalue weighted by atomic mass is 10.1. The summed E-state index contributed by atoms with van der Waals surface area (Å²) in [4.78, 5) is 30.8. The summed E-state index contributed by atoms with van der Waals surface area (Å²) in [7, 11) is 3.07. The number of carbonyl (C=O) groups excluding carboxylic acids is 2. The minimum Gasteiger partial charge on any atom is -0.497 e. The summed E-state index contributed by atoms with van der Waals surface area (Å²) in [6, 6.07) is 29.0. The molecule has 1 aromatic heterocycles. The van der Waals surface area contributed by atoms with Gasteiger partial charge in [-0.15, -0.1) is 0 Å². The average Bonchev–Trinajstić information content (AvgIpc) is 3.48.